The first kappa shape index (κ1) is 21.2. The molecule has 0 atom stereocenters. The van der Waals surface area contributed by atoms with E-state index in [0.29, 0.717) is 43.9 Å². The number of aromatic nitrogens is 1. The number of hydrogen-bond donors (Lipinski definition) is 0. The first-order chi connectivity index (χ1) is 15.0. The average molecular weight is 445 g/mol. The first-order valence-electron chi connectivity index (χ1n) is 9.96. The van der Waals surface area contributed by atoms with E-state index in [4.69, 9.17) is 9.47 Å². The monoisotopic (exact) mass is 444 g/mol. The highest BCUT2D eigenvalue weighted by Crippen LogP contribution is 2.33. The number of ether oxygens (including phenoxy) is 3. The smallest absolute Gasteiger partial charge is 0.295 e. The van der Waals surface area contributed by atoms with Gasteiger partial charge in [0.15, 0.2) is 0 Å². The Kier molecular flexibility index (Phi) is 6.15. The molecule has 1 saturated heterocycles. The Balaban J connectivity index is 1.48. The summed E-state index contributed by atoms with van der Waals surface area (Å²) in [6.07, 6.45) is 3.41. The Morgan fingerprint density at radius 1 is 1.06 bits per heavy atom. The van der Waals surface area contributed by atoms with Crippen LogP contribution >= 0.6 is 0 Å². The minimum atomic E-state index is -3.54. The first-order valence-corrected chi connectivity index (χ1v) is 11.4. The molecule has 4 rings (SSSR count). The largest absolute Gasteiger partial charge is 0.497 e. The van der Waals surface area contributed by atoms with E-state index in [9.17, 15) is 13.2 Å². The predicted octanol–water partition coefficient (Wildman–Crippen LogP) is 3.19. The summed E-state index contributed by atoms with van der Waals surface area (Å²) in [5.74, 6) is 1.26. The molecule has 3 aromatic rings. The van der Waals surface area contributed by atoms with Gasteiger partial charge in [-0.3, -0.25) is 4.79 Å². The zero-order valence-corrected chi connectivity index (χ0v) is 18.0. The van der Waals surface area contributed by atoms with E-state index in [2.05, 4.69) is 9.30 Å². The van der Waals surface area contributed by atoms with Gasteiger partial charge in [-0.15, -0.1) is 0 Å². The molecular weight excluding hydrogens is 420 g/mol. The van der Waals surface area contributed by atoms with Crippen molar-refractivity contribution < 1.29 is 27.4 Å². The highest BCUT2D eigenvalue weighted by molar-refractivity contribution is 7.89. The van der Waals surface area contributed by atoms with Gasteiger partial charge in [0.25, 0.3) is 6.47 Å². The van der Waals surface area contributed by atoms with Crippen LogP contribution < -0.4 is 9.47 Å². The molecule has 0 N–H and O–H groups in total. The SMILES string of the molecule is COc1ccc(S(=O)(=O)N2CCC(n3ccc4c(OCOC=O)cccc43)CC2)cc1. The molecule has 31 heavy (non-hydrogen) atoms. The molecule has 164 valence electrons. The number of fused-ring (bicyclic) bond motifs is 1. The number of carbonyl (C=O) groups excluding carboxylic acids is 1. The van der Waals surface area contributed by atoms with Crippen molar-refractivity contribution in [3.8, 4) is 11.5 Å². The summed E-state index contributed by atoms with van der Waals surface area (Å²) < 4.78 is 44.9. The molecule has 0 radical (unpaired) electrons. The Hall–Kier alpha value is -3.04. The normalized spacial score (nSPS) is 15.6. The number of piperidine rings is 1. The van der Waals surface area contributed by atoms with Gasteiger partial charge in [0.2, 0.25) is 16.8 Å². The third-order valence-corrected chi connectivity index (χ3v) is 7.50. The van der Waals surface area contributed by atoms with Gasteiger partial charge in [-0.2, -0.15) is 4.31 Å². The van der Waals surface area contributed by atoms with Crippen LogP contribution in [-0.4, -0.2) is 50.8 Å². The third-order valence-electron chi connectivity index (χ3n) is 5.59. The standard InChI is InChI=1S/C22H24N2O6S/c1-28-18-5-7-19(8-6-18)31(26,27)23-12-9-17(10-13-23)24-14-11-20-21(24)3-2-4-22(20)30-16-29-15-25/h2-8,11,14-15,17H,9-10,12-13,16H2,1H3. The van der Waals surface area contributed by atoms with E-state index in [1.807, 2.05) is 30.5 Å². The minimum Gasteiger partial charge on any atom is -0.497 e. The van der Waals surface area contributed by atoms with Gasteiger partial charge < -0.3 is 18.8 Å². The van der Waals surface area contributed by atoms with Crippen LogP contribution in [0.1, 0.15) is 18.9 Å². The van der Waals surface area contributed by atoms with Crippen LogP contribution in [-0.2, 0) is 19.6 Å². The van der Waals surface area contributed by atoms with Crippen molar-refractivity contribution in [2.45, 2.75) is 23.8 Å². The van der Waals surface area contributed by atoms with Crippen LogP contribution in [0.2, 0.25) is 0 Å². The molecule has 1 aliphatic heterocycles. The Bertz CT molecular complexity index is 1150. The van der Waals surface area contributed by atoms with E-state index < -0.39 is 10.0 Å². The lowest BCUT2D eigenvalue weighted by Gasteiger charge is -2.32. The lowest BCUT2D eigenvalue weighted by atomic mass is 10.1. The molecule has 0 unspecified atom stereocenters. The van der Waals surface area contributed by atoms with Crippen LogP contribution in [0.25, 0.3) is 10.9 Å². The maximum atomic E-state index is 13.0. The number of hydrogen-bond acceptors (Lipinski definition) is 6. The van der Waals surface area contributed by atoms with Crippen LogP contribution in [0, 0.1) is 0 Å². The van der Waals surface area contributed by atoms with Crippen molar-refractivity contribution in [3.05, 3.63) is 54.7 Å². The molecule has 2 aromatic carbocycles. The van der Waals surface area contributed by atoms with Crippen LogP contribution in [0.3, 0.4) is 0 Å². The number of rotatable bonds is 8. The summed E-state index contributed by atoms with van der Waals surface area (Å²) in [4.78, 5) is 10.6. The summed E-state index contributed by atoms with van der Waals surface area (Å²) in [7, 11) is -1.99. The van der Waals surface area contributed by atoms with E-state index in [0.717, 1.165) is 10.9 Å². The molecule has 9 heteroatoms. The van der Waals surface area contributed by atoms with Crippen molar-refractivity contribution in [2.24, 2.45) is 0 Å². The van der Waals surface area contributed by atoms with Gasteiger partial charge in [-0.25, -0.2) is 8.42 Å². The van der Waals surface area contributed by atoms with E-state index >= 15 is 0 Å². The maximum Gasteiger partial charge on any atom is 0.295 e. The Morgan fingerprint density at radius 2 is 1.81 bits per heavy atom. The Morgan fingerprint density at radius 3 is 2.48 bits per heavy atom. The van der Waals surface area contributed by atoms with Crippen molar-refractivity contribution in [1.82, 2.24) is 8.87 Å². The second kappa shape index (κ2) is 8.99. The molecule has 0 amide bonds. The molecule has 2 heterocycles. The fraction of sp³-hybridized carbons (Fsp3) is 0.318. The summed E-state index contributed by atoms with van der Waals surface area (Å²) in [5, 5.41) is 0.922. The molecule has 1 aromatic heterocycles. The van der Waals surface area contributed by atoms with E-state index in [1.54, 1.807) is 35.7 Å². The highest BCUT2D eigenvalue weighted by atomic mass is 32.2. The summed E-state index contributed by atoms with van der Waals surface area (Å²) in [6, 6.07) is 14.3. The predicted molar refractivity (Wildman–Crippen MR) is 115 cm³/mol. The van der Waals surface area contributed by atoms with Gasteiger partial charge in [0.1, 0.15) is 11.5 Å². The topological polar surface area (TPSA) is 87.1 Å². The molecule has 1 fully saturated rings. The third kappa shape index (κ3) is 4.24. The number of methoxy groups -OCH3 is 1. The maximum absolute atomic E-state index is 13.0. The molecule has 1 aliphatic rings. The zero-order valence-electron chi connectivity index (χ0n) is 17.1. The molecule has 8 nitrogen and oxygen atoms in total. The van der Waals surface area contributed by atoms with Crippen molar-refractivity contribution in [2.75, 3.05) is 27.0 Å². The summed E-state index contributed by atoms with van der Waals surface area (Å²) >= 11 is 0. The van der Waals surface area contributed by atoms with Crippen LogP contribution in [0.4, 0.5) is 0 Å². The minimum absolute atomic E-state index is 0.143. The average Bonchev–Trinajstić information content (AvgIpc) is 3.24. The van der Waals surface area contributed by atoms with Crippen LogP contribution in [0.15, 0.2) is 59.6 Å². The molecule has 0 aliphatic carbocycles. The van der Waals surface area contributed by atoms with Crippen molar-refractivity contribution in [3.63, 3.8) is 0 Å². The van der Waals surface area contributed by atoms with E-state index in [-0.39, 0.29) is 17.7 Å². The molecular formula is C22H24N2O6S. The fourth-order valence-corrected chi connectivity index (χ4v) is 5.46. The van der Waals surface area contributed by atoms with Gasteiger partial charge in [-0.1, -0.05) is 6.07 Å². The lowest BCUT2D eigenvalue weighted by Crippen LogP contribution is -2.38. The Labute approximate surface area is 181 Å². The molecule has 0 bridgehead atoms. The highest BCUT2D eigenvalue weighted by Gasteiger charge is 2.30. The van der Waals surface area contributed by atoms with Gasteiger partial charge in [-0.05, 0) is 55.3 Å². The van der Waals surface area contributed by atoms with Gasteiger partial charge in [0, 0.05) is 30.7 Å². The zero-order chi connectivity index (χ0) is 21.8. The fourth-order valence-electron chi connectivity index (χ4n) is 3.99. The number of carbonyl (C=O) groups is 1. The molecule has 0 saturated carbocycles. The van der Waals surface area contributed by atoms with Crippen molar-refractivity contribution >= 4 is 27.4 Å². The lowest BCUT2D eigenvalue weighted by molar-refractivity contribution is -0.134. The van der Waals surface area contributed by atoms with Gasteiger partial charge in [0.05, 0.1) is 17.5 Å². The second-order valence-corrected chi connectivity index (χ2v) is 9.19. The summed E-state index contributed by atoms with van der Waals surface area (Å²) in [5.41, 5.74) is 1.00. The van der Waals surface area contributed by atoms with Gasteiger partial charge >= 0.3 is 0 Å². The van der Waals surface area contributed by atoms with Crippen molar-refractivity contribution in [1.29, 1.82) is 0 Å². The number of nitrogens with zero attached hydrogens (tertiary/aromatic N) is 2. The quantitative estimate of drug-likeness (QED) is 0.301. The van der Waals surface area contributed by atoms with E-state index in [1.165, 1.54) is 0 Å². The second-order valence-electron chi connectivity index (χ2n) is 7.25. The van der Waals surface area contributed by atoms with Crippen LogP contribution in [0.5, 0.6) is 11.5 Å². The summed E-state index contributed by atoms with van der Waals surface area (Å²) in [6.45, 7) is 1.10. The molecule has 0 spiro atoms. The number of benzene rings is 2. The number of sulfonamides is 1.